The lowest BCUT2D eigenvalue weighted by atomic mass is 10.0. The van der Waals surface area contributed by atoms with Crippen LogP contribution in [0.25, 0.3) is 0 Å². The molecule has 1 aromatic rings. The molecule has 2 fully saturated rings. The Balaban J connectivity index is 1.59. The molecule has 1 heterocycles. The largest absolute Gasteiger partial charge is 0.341 e. The fraction of sp³-hybridized carbons (Fsp3) is 0.636. The molecule has 148 valence electrons. The molecule has 1 aliphatic heterocycles. The van der Waals surface area contributed by atoms with Crippen molar-refractivity contribution in [2.75, 3.05) is 19.6 Å². The number of amides is 2. The number of carbonyl (C=O) groups is 2. The number of carbonyl (C=O) groups excluding carboxylic acids is 2. The van der Waals surface area contributed by atoms with E-state index < -0.39 is 6.04 Å². The first-order chi connectivity index (χ1) is 13.0. The zero-order chi connectivity index (χ0) is 19.2. The number of hydrogen-bond acceptors (Lipinski definition) is 3. The Kier molecular flexibility index (Phi) is 6.89. The number of hydrogen-bond donors (Lipinski definition) is 2. The minimum absolute atomic E-state index is 0.0129. The summed E-state index contributed by atoms with van der Waals surface area (Å²) < 4.78 is 0. The number of nitrogens with one attached hydrogen (secondary N) is 2. The molecule has 2 aliphatic rings. The van der Waals surface area contributed by atoms with Gasteiger partial charge in [0.15, 0.2) is 0 Å². The molecule has 1 aliphatic carbocycles. The van der Waals surface area contributed by atoms with E-state index in [1.54, 1.807) is 0 Å². The van der Waals surface area contributed by atoms with Crippen LogP contribution in [0.1, 0.15) is 57.6 Å². The first kappa shape index (κ1) is 19.9. The van der Waals surface area contributed by atoms with Crippen LogP contribution in [0.2, 0.25) is 0 Å². The Labute approximate surface area is 162 Å². The average Bonchev–Trinajstić information content (AvgIpc) is 3.49. The maximum absolute atomic E-state index is 13.2. The molecule has 2 amide bonds. The smallest absolute Gasteiger partial charge is 0.249 e. The van der Waals surface area contributed by atoms with Crippen molar-refractivity contribution in [2.45, 2.75) is 58.0 Å². The lowest BCUT2D eigenvalue weighted by molar-refractivity contribution is -0.137. The second-order valence-electron chi connectivity index (χ2n) is 8.46. The molecule has 5 nitrogen and oxygen atoms in total. The second kappa shape index (κ2) is 9.36. The molecule has 2 N–H and O–H groups in total. The van der Waals surface area contributed by atoms with E-state index in [-0.39, 0.29) is 17.7 Å². The monoisotopic (exact) mass is 371 g/mol. The van der Waals surface area contributed by atoms with Gasteiger partial charge in [0.1, 0.15) is 6.04 Å². The van der Waals surface area contributed by atoms with E-state index >= 15 is 0 Å². The molecule has 1 saturated carbocycles. The predicted molar refractivity (Wildman–Crippen MR) is 107 cm³/mol. The molecule has 0 bridgehead atoms. The quantitative estimate of drug-likeness (QED) is 0.739. The van der Waals surface area contributed by atoms with Crippen LogP contribution in [0.15, 0.2) is 30.3 Å². The lowest BCUT2D eigenvalue weighted by Gasteiger charge is -2.35. The average molecular weight is 372 g/mol. The first-order valence-corrected chi connectivity index (χ1v) is 10.4. The van der Waals surface area contributed by atoms with Crippen molar-refractivity contribution in [2.24, 2.45) is 11.8 Å². The third-order valence-electron chi connectivity index (χ3n) is 5.48. The van der Waals surface area contributed by atoms with Crippen LogP contribution in [-0.2, 0) is 9.59 Å². The standard InChI is InChI=1S/C22H33N3O2/c1-16(2)14-20(26)24-21(18-6-4-3-5-7-18)22(27)25-12-10-19(11-13-25)23-15-17-8-9-17/h3-7,16-17,19,21,23H,8-15H2,1-2H3,(H,24,26). The molecular weight excluding hydrogens is 338 g/mol. The van der Waals surface area contributed by atoms with E-state index in [1.807, 2.05) is 49.1 Å². The van der Waals surface area contributed by atoms with Gasteiger partial charge >= 0.3 is 0 Å². The number of rotatable bonds is 8. The van der Waals surface area contributed by atoms with Crippen LogP contribution < -0.4 is 10.6 Å². The lowest BCUT2D eigenvalue weighted by Crippen LogP contribution is -2.49. The molecular formula is C22H33N3O2. The summed E-state index contributed by atoms with van der Waals surface area (Å²) in [4.78, 5) is 27.5. The Morgan fingerprint density at radius 2 is 1.74 bits per heavy atom. The van der Waals surface area contributed by atoms with Gasteiger partial charge in [0.05, 0.1) is 0 Å². The van der Waals surface area contributed by atoms with Gasteiger partial charge in [-0.2, -0.15) is 0 Å². The molecule has 3 rings (SSSR count). The summed E-state index contributed by atoms with van der Waals surface area (Å²) in [6.45, 7) is 6.66. The van der Waals surface area contributed by atoms with E-state index in [4.69, 9.17) is 0 Å². The fourth-order valence-corrected chi connectivity index (χ4v) is 3.67. The molecule has 0 spiro atoms. The number of nitrogens with zero attached hydrogens (tertiary/aromatic N) is 1. The second-order valence-corrected chi connectivity index (χ2v) is 8.46. The molecule has 1 aromatic carbocycles. The maximum atomic E-state index is 13.2. The van der Waals surface area contributed by atoms with Crippen LogP contribution in [-0.4, -0.2) is 42.4 Å². The highest BCUT2D eigenvalue weighted by molar-refractivity contribution is 5.88. The van der Waals surface area contributed by atoms with E-state index in [0.717, 1.165) is 44.0 Å². The molecule has 1 atom stereocenters. The van der Waals surface area contributed by atoms with Gasteiger partial charge in [0.25, 0.3) is 0 Å². The minimum atomic E-state index is -0.589. The van der Waals surface area contributed by atoms with Crippen LogP contribution in [0.5, 0.6) is 0 Å². The van der Waals surface area contributed by atoms with Crippen molar-refractivity contribution in [3.63, 3.8) is 0 Å². The van der Waals surface area contributed by atoms with E-state index in [1.165, 1.54) is 12.8 Å². The summed E-state index contributed by atoms with van der Waals surface area (Å²) in [5.41, 5.74) is 0.855. The van der Waals surface area contributed by atoms with Crippen molar-refractivity contribution in [1.82, 2.24) is 15.5 Å². The molecule has 1 unspecified atom stereocenters. The van der Waals surface area contributed by atoms with Gasteiger partial charge < -0.3 is 15.5 Å². The van der Waals surface area contributed by atoms with Crippen LogP contribution >= 0.6 is 0 Å². The number of piperidine rings is 1. The van der Waals surface area contributed by atoms with Gasteiger partial charge in [-0.15, -0.1) is 0 Å². The molecule has 5 heteroatoms. The van der Waals surface area contributed by atoms with E-state index in [2.05, 4.69) is 10.6 Å². The first-order valence-electron chi connectivity index (χ1n) is 10.4. The van der Waals surface area contributed by atoms with Crippen molar-refractivity contribution in [3.05, 3.63) is 35.9 Å². The summed E-state index contributed by atoms with van der Waals surface area (Å²) >= 11 is 0. The zero-order valence-corrected chi connectivity index (χ0v) is 16.6. The molecule has 0 radical (unpaired) electrons. The summed E-state index contributed by atoms with van der Waals surface area (Å²) in [7, 11) is 0. The molecule has 1 saturated heterocycles. The fourth-order valence-electron chi connectivity index (χ4n) is 3.67. The molecule has 0 aromatic heterocycles. The Hall–Kier alpha value is -1.88. The molecule has 27 heavy (non-hydrogen) atoms. The van der Waals surface area contributed by atoms with Gasteiger partial charge in [-0.1, -0.05) is 44.2 Å². The third-order valence-corrected chi connectivity index (χ3v) is 5.48. The predicted octanol–water partition coefficient (Wildman–Crippen LogP) is 2.88. The summed E-state index contributed by atoms with van der Waals surface area (Å²) in [6.07, 6.45) is 5.13. The SMILES string of the molecule is CC(C)CC(=O)NC(C(=O)N1CCC(NCC2CC2)CC1)c1ccccc1. The van der Waals surface area contributed by atoms with Gasteiger partial charge in [0.2, 0.25) is 11.8 Å². The van der Waals surface area contributed by atoms with Crippen molar-refractivity contribution >= 4 is 11.8 Å². The number of benzene rings is 1. The number of likely N-dealkylation sites (tertiary alicyclic amines) is 1. The highest BCUT2D eigenvalue weighted by Crippen LogP contribution is 2.28. The topological polar surface area (TPSA) is 61.4 Å². The highest BCUT2D eigenvalue weighted by Gasteiger charge is 2.31. The van der Waals surface area contributed by atoms with Gasteiger partial charge in [-0.3, -0.25) is 9.59 Å². The van der Waals surface area contributed by atoms with Crippen LogP contribution in [0.4, 0.5) is 0 Å². The van der Waals surface area contributed by atoms with Gasteiger partial charge in [-0.25, -0.2) is 0 Å². The summed E-state index contributed by atoms with van der Waals surface area (Å²) in [6, 6.07) is 9.52. The third kappa shape index (κ3) is 6.06. The highest BCUT2D eigenvalue weighted by atomic mass is 16.2. The van der Waals surface area contributed by atoms with Crippen LogP contribution in [0, 0.1) is 11.8 Å². The Morgan fingerprint density at radius 3 is 2.33 bits per heavy atom. The maximum Gasteiger partial charge on any atom is 0.249 e. The van der Waals surface area contributed by atoms with E-state index in [9.17, 15) is 9.59 Å². The zero-order valence-electron chi connectivity index (χ0n) is 16.6. The summed E-state index contributed by atoms with van der Waals surface area (Å²) in [5.74, 6) is 1.10. The van der Waals surface area contributed by atoms with Crippen molar-refractivity contribution in [1.29, 1.82) is 0 Å². The van der Waals surface area contributed by atoms with Gasteiger partial charge in [-0.05, 0) is 49.6 Å². The summed E-state index contributed by atoms with van der Waals surface area (Å²) in [5, 5.41) is 6.63. The normalized spacial score (nSPS) is 19.1. The van der Waals surface area contributed by atoms with Crippen molar-refractivity contribution in [3.8, 4) is 0 Å². The van der Waals surface area contributed by atoms with Crippen LogP contribution in [0.3, 0.4) is 0 Å². The van der Waals surface area contributed by atoms with Crippen molar-refractivity contribution < 1.29 is 9.59 Å². The Morgan fingerprint density at radius 1 is 1.07 bits per heavy atom. The minimum Gasteiger partial charge on any atom is -0.341 e. The Bertz CT molecular complexity index is 620. The van der Waals surface area contributed by atoms with E-state index in [0.29, 0.717) is 12.5 Å². The van der Waals surface area contributed by atoms with Gasteiger partial charge in [0, 0.05) is 25.6 Å².